The molecule has 0 aliphatic rings. The molecule has 1 atom stereocenters. The molecule has 1 rings (SSSR count). The first kappa shape index (κ1) is 13.6. The molecule has 1 aromatic heterocycles. The van der Waals surface area contributed by atoms with Crippen molar-refractivity contribution in [2.45, 2.75) is 31.8 Å². The van der Waals surface area contributed by atoms with Gasteiger partial charge in [0.25, 0.3) is 0 Å². The maximum atomic E-state index is 11.9. The summed E-state index contributed by atoms with van der Waals surface area (Å²) in [5.74, 6) is 0.311. The lowest BCUT2D eigenvalue weighted by molar-refractivity contribution is 0.282. The van der Waals surface area contributed by atoms with E-state index in [1.807, 2.05) is 13.8 Å². The topological polar surface area (TPSA) is 66.4 Å². The summed E-state index contributed by atoms with van der Waals surface area (Å²) in [7, 11) is -3.46. The van der Waals surface area contributed by atoms with E-state index in [1.165, 1.54) is 17.4 Å². The summed E-state index contributed by atoms with van der Waals surface area (Å²) in [4.78, 5) is 0.681. The van der Waals surface area contributed by atoms with Crippen molar-refractivity contribution in [1.82, 2.24) is 4.72 Å². The van der Waals surface area contributed by atoms with E-state index >= 15 is 0 Å². The molecule has 0 aromatic carbocycles. The first-order valence-electron chi connectivity index (χ1n) is 5.18. The summed E-state index contributed by atoms with van der Waals surface area (Å²) in [6, 6.07) is 1.52. The van der Waals surface area contributed by atoms with Crippen LogP contribution in [-0.2, 0) is 16.6 Å². The van der Waals surface area contributed by atoms with E-state index in [1.54, 1.807) is 5.38 Å². The molecule has 1 aromatic rings. The Hall–Kier alpha value is -0.430. The van der Waals surface area contributed by atoms with Gasteiger partial charge in [-0.1, -0.05) is 20.3 Å². The maximum Gasteiger partial charge on any atom is 0.241 e. The summed E-state index contributed by atoms with van der Waals surface area (Å²) in [5, 5.41) is 10.7. The predicted octanol–water partition coefficient (Wildman–Crippen LogP) is 1.56. The summed E-state index contributed by atoms with van der Waals surface area (Å²) in [6.07, 6.45) is 0.930. The molecule has 0 radical (unpaired) electrons. The van der Waals surface area contributed by atoms with Gasteiger partial charge in [-0.3, -0.25) is 0 Å². The van der Waals surface area contributed by atoms with Crippen molar-refractivity contribution in [3.63, 3.8) is 0 Å². The number of hydrogen-bond acceptors (Lipinski definition) is 4. The number of aliphatic hydroxyl groups is 1. The van der Waals surface area contributed by atoms with Gasteiger partial charge < -0.3 is 5.11 Å². The Balaban J connectivity index is 2.78. The fourth-order valence-corrected chi connectivity index (χ4v) is 3.62. The highest BCUT2D eigenvalue weighted by Crippen LogP contribution is 2.21. The highest BCUT2D eigenvalue weighted by Gasteiger charge is 2.19. The van der Waals surface area contributed by atoms with Crippen LogP contribution in [0.4, 0.5) is 0 Å². The van der Waals surface area contributed by atoms with Crippen LogP contribution in [0.2, 0.25) is 0 Å². The van der Waals surface area contributed by atoms with Gasteiger partial charge in [-0.2, -0.15) is 0 Å². The van der Waals surface area contributed by atoms with E-state index in [9.17, 15) is 8.42 Å². The third kappa shape index (κ3) is 3.28. The predicted molar refractivity (Wildman–Crippen MR) is 64.9 cm³/mol. The van der Waals surface area contributed by atoms with Crippen molar-refractivity contribution in [2.75, 3.05) is 6.54 Å². The van der Waals surface area contributed by atoms with Crippen molar-refractivity contribution < 1.29 is 13.5 Å². The Morgan fingerprint density at radius 3 is 2.81 bits per heavy atom. The smallest absolute Gasteiger partial charge is 0.241 e. The van der Waals surface area contributed by atoms with Gasteiger partial charge in [-0.15, -0.1) is 11.3 Å². The molecular formula is C10H17NO3S2. The lowest BCUT2D eigenvalue weighted by atomic mass is 10.1. The molecule has 0 amide bonds. The molecule has 0 fully saturated rings. The minimum absolute atomic E-state index is 0.198. The number of nitrogens with one attached hydrogen (secondary N) is 1. The molecule has 0 saturated carbocycles. The van der Waals surface area contributed by atoms with Gasteiger partial charge in [0.05, 0.1) is 11.5 Å². The zero-order valence-electron chi connectivity index (χ0n) is 9.43. The number of sulfonamides is 1. The second-order valence-electron chi connectivity index (χ2n) is 3.73. The van der Waals surface area contributed by atoms with Crippen molar-refractivity contribution in [3.05, 3.63) is 16.3 Å². The lowest BCUT2D eigenvalue weighted by Gasteiger charge is -2.10. The molecule has 16 heavy (non-hydrogen) atoms. The summed E-state index contributed by atoms with van der Waals surface area (Å²) in [6.45, 7) is 4.20. The molecule has 0 aliphatic carbocycles. The summed E-state index contributed by atoms with van der Waals surface area (Å²) in [5.41, 5.74) is 0. The van der Waals surface area contributed by atoms with Crippen LogP contribution in [0, 0.1) is 5.92 Å². The van der Waals surface area contributed by atoms with Gasteiger partial charge in [-0.25, -0.2) is 13.1 Å². The van der Waals surface area contributed by atoms with Crippen LogP contribution >= 0.6 is 11.3 Å². The van der Waals surface area contributed by atoms with Crippen LogP contribution in [0.15, 0.2) is 16.3 Å². The molecule has 6 heteroatoms. The zero-order valence-corrected chi connectivity index (χ0v) is 11.1. The van der Waals surface area contributed by atoms with Gasteiger partial charge in [0.15, 0.2) is 0 Å². The Bertz CT molecular complexity index is 425. The van der Waals surface area contributed by atoms with Gasteiger partial charge in [0.2, 0.25) is 10.0 Å². The van der Waals surface area contributed by atoms with E-state index in [4.69, 9.17) is 5.11 Å². The van der Waals surface area contributed by atoms with Gasteiger partial charge in [0, 0.05) is 11.4 Å². The van der Waals surface area contributed by atoms with Gasteiger partial charge in [0.1, 0.15) is 0 Å². The second-order valence-corrected chi connectivity index (χ2v) is 6.47. The monoisotopic (exact) mass is 263 g/mol. The first-order valence-corrected chi connectivity index (χ1v) is 7.54. The van der Waals surface area contributed by atoms with Crippen LogP contribution in [-0.4, -0.2) is 20.1 Å². The van der Waals surface area contributed by atoms with E-state index < -0.39 is 10.0 Å². The summed E-state index contributed by atoms with van der Waals surface area (Å²) < 4.78 is 26.3. The van der Waals surface area contributed by atoms with Gasteiger partial charge in [-0.05, 0) is 17.4 Å². The molecule has 4 nitrogen and oxygen atoms in total. The lowest BCUT2D eigenvalue weighted by Crippen LogP contribution is -2.28. The highest BCUT2D eigenvalue weighted by atomic mass is 32.2. The van der Waals surface area contributed by atoms with Crippen LogP contribution in [0.5, 0.6) is 0 Å². The van der Waals surface area contributed by atoms with Crippen molar-refractivity contribution in [2.24, 2.45) is 5.92 Å². The largest absolute Gasteiger partial charge is 0.391 e. The van der Waals surface area contributed by atoms with Crippen molar-refractivity contribution in [1.29, 1.82) is 0 Å². The van der Waals surface area contributed by atoms with Crippen molar-refractivity contribution in [3.8, 4) is 0 Å². The summed E-state index contributed by atoms with van der Waals surface area (Å²) >= 11 is 1.25. The molecule has 1 unspecified atom stereocenters. The average molecular weight is 263 g/mol. The van der Waals surface area contributed by atoms with Crippen LogP contribution in [0.3, 0.4) is 0 Å². The molecule has 0 aliphatic heterocycles. The maximum absolute atomic E-state index is 11.9. The number of hydrogen-bond donors (Lipinski definition) is 2. The third-order valence-electron chi connectivity index (χ3n) is 2.46. The number of thiophene rings is 1. The Kier molecular flexibility index (Phi) is 4.91. The minimum atomic E-state index is -3.46. The van der Waals surface area contributed by atoms with E-state index in [0.717, 1.165) is 6.42 Å². The normalized spacial score (nSPS) is 13.9. The molecule has 2 N–H and O–H groups in total. The Morgan fingerprint density at radius 1 is 1.56 bits per heavy atom. The first-order chi connectivity index (χ1) is 7.51. The number of rotatable bonds is 6. The molecular weight excluding hydrogens is 246 g/mol. The quantitative estimate of drug-likeness (QED) is 0.818. The molecule has 1 heterocycles. The van der Waals surface area contributed by atoms with Gasteiger partial charge >= 0.3 is 0 Å². The SMILES string of the molecule is CCC(C)CNS(=O)(=O)c1ccsc1CO. The number of aliphatic hydroxyl groups excluding tert-OH is 1. The standard InChI is InChI=1S/C10H17NO3S2/c1-3-8(2)6-11-16(13,14)10-4-5-15-9(10)7-12/h4-5,8,11-12H,3,6-7H2,1-2H3. The van der Waals surface area contributed by atoms with E-state index in [2.05, 4.69) is 4.72 Å². The van der Waals surface area contributed by atoms with Crippen LogP contribution < -0.4 is 4.72 Å². The molecule has 0 bridgehead atoms. The highest BCUT2D eigenvalue weighted by molar-refractivity contribution is 7.89. The third-order valence-corrected chi connectivity index (χ3v) is 5.00. The van der Waals surface area contributed by atoms with Crippen molar-refractivity contribution >= 4 is 21.4 Å². The second kappa shape index (κ2) is 5.77. The van der Waals surface area contributed by atoms with Crippen LogP contribution in [0.1, 0.15) is 25.1 Å². The molecule has 92 valence electrons. The molecule has 0 spiro atoms. The Labute approximate surface area is 100 Å². The van der Waals surface area contributed by atoms with E-state index in [-0.39, 0.29) is 11.5 Å². The fourth-order valence-electron chi connectivity index (χ4n) is 1.16. The Morgan fingerprint density at radius 2 is 2.25 bits per heavy atom. The van der Waals surface area contributed by atoms with E-state index in [0.29, 0.717) is 17.3 Å². The minimum Gasteiger partial charge on any atom is -0.391 e. The fraction of sp³-hybridized carbons (Fsp3) is 0.600. The zero-order chi connectivity index (χ0) is 12.2. The molecule has 0 saturated heterocycles. The van der Waals surface area contributed by atoms with Crippen LogP contribution in [0.25, 0.3) is 0 Å². The average Bonchev–Trinajstić information content (AvgIpc) is 2.74.